The van der Waals surface area contributed by atoms with E-state index in [1.54, 1.807) is 17.5 Å². The second-order valence-corrected chi connectivity index (χ2v) is 7.56. The number of para-hydroxylation sites is 1. The molecule has 2 rings (SSSR count). The normalized spacial score (nSPS) is 11.5. The fourth-order valence-corrected chi connectivity index (χ4v) is 4.04. The standard InChI is InChI=1S/C14H17NO3S2/c1-3-18-14-7-5-4-6-12(14)9-20(16,17)10-13-8-19-11(2)15-13/h4-8H,3,9-10H2,1-2H3. The van der Waals surface area contributed by atoms with Crippen molar-refractivity contribution in [3.63, 3.8) is 0 Å². The van der Waals surface area contributed by atoms with E-state index < -0.39 is 9.84 Å². The molecule has 6 heteroatoms. The first kappa shape index (κ1) is 15.0. The number of hydrogen-bond donors (Lipinski definition) is 0. The van der Waals surface area contributed by atoms with Gasteiger partial charge >= 0.3 is 0 Å². The summed E-state index contributed by atoms with van der Waals surface area (Å²) in [6, 6.07) is 7.24. The van der Waals surface area contributed by atoms with Gasteiger partial charge in [-0.25, -0.2) is 13.4 Å². The van der Waals surface area contributed by atoms with Crippen molar-refractivity contribution in [2.45, 2.75) is 25.4 Å². The highest BCUT2D eigenvalue weighted by atomic mass is 32.2. The van der Waals surface area contributed by atoms with Crippen LogP contribution >= 0.6 is 11.3 Å². The Morgan fingerprint density at radius 3 is 2.65 bits per heavy atom. The number of thiazole rings is 1. The summed E-state index contributed by atoms with van der Waals surface area (Å²) < 4.78 is 29.9. The van der Waals surface area contributed by atoms with E-state index in [0.29, 0.717) is 23.6 Å². The van der Waals surface area contributed by atoms with Gasteiger partial charge in [-0.1, -0.05) is 18.2 Å². The molecule has 0 atom stereocenters. The number of ether oxygens (including phenoxy) is 1. The minimum absolute atomic E-state index is 0.0280. The maximum absolute atomic E-state index is 12.2. The molecule has 0 aliphatic carbocycles. The van der Waals surface area contributed by atoms with Crippen molar-refractivity contribution >= 4 is 21.2 Å². The summed E-state index contributed by atoms with van der Waals surface area (Å²) in [6.45, 7) is 4.26. The number of sulfone groups is 1. The van der Waals surface area contributed by atoms with Gasteiger partial charge in [0.15, 0.2) is 9.84 Å². The van der Waals surface area contributed by atoms with E-state index in [2.05, 4.69) is 4.98 Å². The van der Waals surface area contributed by atoms with Crippen molar-refractivity contribution in [3.8, 4) is 5.75 Å². The molecule has 0 aliphatic heterocycles. The van der Waals surface area contributed by atoms with Crippen LogP contribution in [0.5, 0.6) is 5.75 Å². The first-order chi connectivity index (χ1) is 9.50. The molecule has 0 spiro atoms. The lowest BCUT2D eigenvalue weighted by Crippen LogP contribution is -2.09. The Bertz CT molecular complexity index is 677. The number of aromatic nitrogens is 1. The van der Waals surface area contributed by atoms with Gasteiger partial charge in [0, 0.05) is 10.9 Å². The van der Waals surface area contributed by atoms with E-state index >= 15 is 0 Å². The first-order valence-corrected chi connectivity index (χ1v) is 9.02. The zero-order valence-electron chi connectivity index (χ0n) is 11.5. The number of hydrogen-bond acceptors (Lipinski definition) is 5. The molecule has 1 aromatic carbocycles. The molecule has 4 nitrogen and oxygen atoms in total. The van der Waals surface area contributed by atoms with Gasteiger partial charge in [-0.05, 0) is 19.9 Å². The zero-order valence-corrected chi connectivity index (χ0v) is 13.1. The summed E-state index contributed by atoms with van der Waals surface area (Å²) in [5.41, 5.74) is 1.31. The number of benzene rings is 1. The van der Waals surface area contributed by atoms with Crippen LogP contribution in [0.4, 0.5) is 0 Å². The highest BCUT2D eigenvalue weighted by Crippen LogP contribution is 2.22. The zero-order chi connectivity index (χ0) is 14.6. The SMILES string of the molecule is CCOc1ccccc1CS(=O)(=O)Cc1csc(C)n1. The quantitative estimate of drug-likeness (QED) is 0.823. The third-order valence-corrected chi connectivity index (χ3v) is 4.99. The van der Waals surface area contributed by atoms with Crippen LogP contribution in [0.3, 0.4) is 0 Å². The van der Waals surface area contributed by atoms with E-state index in [0.717, 1.165) is 5.01 Å². The lowest BCUT2D eigenvalue weighted by molar-refractivity contribution is 0.337. The largest absolute Gasteiger partial charge is 0.494 e. The van der Waals surface area contributed by atoms with Gasteiger partial charge in [0.05, 0.1) is 28.8 Å². The lowest BCUT2D eigenvalue weighted by Gasteiger charge is -2.10. The molecule has 0 radical (unpaired) electrons. The van der Waals surface area contributed by atoms with Crippen LogP contribution in [0, 0.1) is 6.92 Å². The summed E-state index contributed by atoms with van der Waals surface area (Å²) in [4.78, 5) is 4.20. The van der Waals surface area contributed by atoms with Gasteiger partial charge in [0.1, 0.15) is 5.75 Å². The van der Waals surface area contributed by atoms with Gasteiger partial charge in [-0.2, -0.15) is 0 Å². The second kappa shape index (κ2) is 6.37. The summed E-state index contributed by atoms with van der Waals surface area (Å²) in [5, 5.41) is 2.67. The van der Waals surface area contributed by atoms with Crippen molar-refractivity contribution in [3.05, 3.63) is 45.9 Å². The molecule has 20 heavy (non-hydrogen) atoms. The summed E-state index contributed by atoms with van der Waals surface area (Å²) >= 11 is 1.46. The van der Waals surface area contributed by atoms with Crippen LogP contribution in [0.1, 0.15) is 23.2 Å². The van der Waals surface area contributed by atoms with Gasteiger partial charge in [-0.3, -0.25) is 0 Å². The van der Waals surface area contributed by atoms with E-state index in [1.165, 1.54) is 11.3 Å². The molecule has 0 N–H and O–H groups in total. The molecule has 1 heterocycles. The fraction of sp³-hybridized carbons (Fsp3) is 0.357. The molecule has 0 amide bonds. The Morgan fingerprint density at radius 2 is 2.00 bits per heavy atom. The van der Waals surface area contributed by atoms with E-state index in [1.807, 2.05) is 26.0 Å². The fourth-order valence-electron chi connectivity index (χ4n) is 1.91. The molecule has 0 bridgehead atoms. The predicted molar refractivity (Wildman–Crippen MR) is 80.8 cm³/mol. The maximum Gasteiger partial charge on any atom is 0.160 e. The topological polar surface area (TPSA) is 56.3 Å². The van der Waals surface area contributed by atoms with Crippen molar-refractivity contribution in [1.82, 2.24) is 4.98 Å². The Labute approximate surface area is 123 Å². The Hall–Kier alpha value is -1.40. The van der Waals surface area contributed by atoms with Crippen LogP contribution in [0.15, 0.2) is 29.6 Å². The van der Waals surface area contributed by atoms with E-state index in [9.17, 15) is 8.42 Å². The maximum atomic E-state index is 12.2. The molecule has 0 fully saturated rings. The van der Waals surface area contributed by atoms with Crippen LogP contribution in [0.25, 0.3) is 0 Å². The predicted octanol–water partition coefficient (Wildman–Crippen LogP) is 2.97. The number of nitrogens with zero attached hydrogens (tertiary/aromatic N) is 1. The smallest absolute Gasteiger partial charge is 0.160 e. The first-order valence-electron chi connectivity index (χ1n) is 6.32. The summed E-state index contributed by atoms with van der Waals surface area (Å²) in [7, 11) is -3.25. The third-order valence-electron chi connectivity index (χ3n) is 2.68. The minimum Gasteiger partial charge on any atom is -0.494 e. The van der Waals surface area contributed by atoms with E-state index in [4.69, 9.17) is 4.74 Å². The number of aryl methyl sites for hydroxylation is 1. The highest BCUT2D eigenvalue weighted by molar-refractivity contribution is 7.89. The molecule has 2 aromatic rings. The highest BCUT2D eigenvalue weighted by Gasteiger charge is 2.17. The molecule has 0 saturated heterocycles. The van der Waals surface area contributed by atoms with Gasteiger partial charge in [-0.15, -0.1) is 11.3 Å². The lowest BCUT2D eigenvalue weighted by atomic mass is 10.2. The van der Waals surface area contributed by atoms with Crippen LogP contribution in [0.2, 0.25) is 0 Å². The molecular weight excluding hydrogens is 294 g/mol. The molecule has 1 aromatic heterocycles. The summed E-state index contributed by atoms with van der Waals surface area (Å²) in [5.74, 6) is 0.574. The Morgan fingerprint density at radius 1 is 1.25 bits per heavy atom. The second-order valence-electron chi connectivity index (χ2n) is 4.43. The molecular formula is C14H17NO3S2. The van der Waals surface area contributed by atoms with Crippen LogP contribution in [-0.4, -0.2) is 20.0 Å². The third kappa shape index (κ3) is 4.05. The van der Waals surface area contributed by atoms with Gasteiger partial charge in [0.2, 0.25) is 0 Å². The Kier molecular flexibility index (Phi) is 4.77. The average molecular weight is 311 g/mol. The Balaban J connectivity index is 2.16. The number of rotatable bonds is 6. The van der Waals surface area contributed by atoms with Gasteiger partial charge in [0.25, 0.3) is 0 Å². The van der Waals surface area contributed by atoms with Crippen molar-refractivity contribution in [2.75, 3.05) is 6.61 Å². The van der Waals surface area contributed by atoms with Crippen molar-refractivity contribution in [1.29, 1.82) is 0 Å². The summed E-state index contributed by atoms with van der Waals surface area (Å²) in [6.07, 6.45) is 0. The molecule has 108 valence electrons. The molecule has 0 saturated carbocycles. The molecule has 0 unspecified atom stereocenters. The average Bonchev–Trinajstić information content (AvgIpc) is 2.76. The molecule has 0 aliphatic rings. The minimum atomic E-state index is -3.25. The van der Waals surface area contributed by atoms with Crippen LogP contribution in [-0.2, 0) is 21.3 Å². The van der Waals surface area contributed by atoms with Crippen molar-refractivity contribution in [2.24, 2.45) is 0 Å². The van der Waals surface area contributed by atoms with Crippen LogP contribution < -0.4 is 4.74 Å². The van der Waals surface area contributed by atoms with E-state index in [-0.39, 0.29) is 11.5 Å². The van der Waals surface area contributed by atoms with Gasteiger partial charge < -0.3 is 4.74 Å². The van der Waals surface area contributed by atoms with Crippen molar-refractivity contribution < 1.29 is 13.2 Å². The monoisotopic (exact) mass is 311 g/mol.